The molecular formula is C21H18N2O3. The number of fused-ring (bicyclic) bond motifs is 3. The van der Waals surface area contributed by atoms with Crippen LogP contribution < -0.4 is 4.74 Å². The molecule has 0 N–H and O–H groups in total. The number of Topliss-reactive ketones (excluding diaryl/α,β-unsaturated/α-hetero) is 2. The van der Waals surface area contributed by atoms with Crippen LogP contribution in [0.4, 0.5) is 0 Å². The minimum Gasteiger partial charge on any atom is -0.497 e. The number of rotatable bonds is 3. The number of nitrogens with zero attached hydrogens (tertiary/aromatic N) is 2. The van der Waals surface area contributed by atoms with Crippen LogP contribution in [0.1, 0.15) is 46.4 Å². The molecule has 0 bridgehead atoms. The molecule has 0 atom stereocenters. The van der Waals surface area contributed by atoms with Gasteiger partial charge in [0, 0.05) is 22.7 Å². The van der Waals surface area contributed by atoms with Crippen molar-refractivity contribution in [3.63, 3.8) is 0 Å². The van der Waals surface area contributed by atoms with Crippen molar-refractivity contribution in [1.82, 2.24) is 9.55 Å². The summed E-state index contributed by atoms with van der Waals surface area (Å²) in [4.78, 5) is 30.3. The van der Waals surface area contributed by atoms with Crippen molar-refractivity contribution in [1.29, 1.82) is 0 Å². The first kappa shape index (κ1) is 16.3. The summed E-state index contributed by atoms with van der Waals surface area (Å²) in [5.74, 6) is 0.546. The molecule has 0 radical (unpaired) electrons. The second-order valence-electron chi connectivity index (χ2n) is 6.56. The number of methoxy groups -OCH3 is 1. The van der Waals surface area contributed by atoms with Crippen molar-refractivity contribution in [3.8, 4) is 22.7 Å². The van der Waals surface area contributed by atoms with E-state index in [0.29, 0.717) is 22.5 Å². The van der Waals surface area contributed by atoms with E-state index in [1.54, 1.807) is 23.8 Å². The van der Waals surface area contributed by atoms with Crippen LogP contribution >= 0.6 is 0 Å². The van der Waals surface area contributed by atoms with Gasteiger partial charge < -0.3 is 4.74 Å². The van der Waals surface area contributed by atoms with Gasteiger partial charge in [0.1, 0.15) is 23.0 Å². The summed E-state index contributed by atoms with van der Waals surface area (Å²) in [7, 11) is 1.60. The Balaban J connectivity index is 2.03. The first-order valence-corrected chi connectivity index (χ1v) is 8.48. The van der Waals surface area contributed by atoms with E-state index in [9.17, 15) is 9.59 Å². The lowest BCUT2D eigenvalue weighted by Crippen LogP contribution is -2.24. The fourth-order valence-electron chi connectivity index (χ4n) is 3.33. The summed E-state index contributed by atoms with van der Waals surface area (Å²) in [6, 6.07) is 14.5. The molecule has 4 rings (SSSR count). The molecule has 0 saturated heterocycles. The van der Waals surface area contributed by atoms with Crippen LogP contribution in [0.3, 0.4) is 0 Å². The quantitative estimate of drug-likeness (QED) is 0.671. The largest absolute Gasteiger partial charge is 0.497 e. The lowest BCUT2D eigenvalue weighted by atomic mass is 9.90. The predicted octanol–water partition coefficient (Wildman–Crippen LogP) is 4.05. The van der Waals surface area contributed by atoms with Gasteiger partial charge in [-0.05, 0) is 24.3 Å². The lowest BCUT2D eigenvalue weighted by Gasteiger charge is -2.17. The first-order valence-electron chi connectivity index (χ1n) is 8.48. The molecule has 0 aliphatic heterocycles. The van der Waals surface area contributed by atoms with Crippen molar-refractivity contribution >= 4 is 11.6 Å². The predicted molar refractivity (Wildman–Crippen MR) is 98.3 cm³/mol. The molecule has 2 aromatic carbocycles. The number of carbonyl (C=O) groups excluding carboxylic acids is 2. The lowest BCUT2D eigenvalue weighted by molar-refractivity contribution is 0.0811. The van der Waals surface area contributed by atoms with E-state index in [4.69, 9.17) is 9.72 Å². The molecule has 1 aromatic heterocycles. The molecule has 130 valence electrons. The highest BCUT2D eigenvalue weighted by Crippen LogP contribution is 2.36. The summed E-state index contributed by atoms with van der Waals surface area (Å²) >= 11 is 0. The van der Waals surface area contributed by atoms with Crippen LogP contribution in [0.2, 0.25) is 0 Å². The number of imidazole rings is 1. The van der Waals surface area contributed by atoms with Crippen molar-refractivity contribution < 1.29 is 14.3 Å². The third-order valence-corrected chi connectivity index (χ3v) is 4.60. The molecule has 5 nitrogen and oxygen atoms in total. The minimum atomic E-state index is -0.520. The van der Waals surface area contributed by atoms with Crippen LogP contribution in [0, 0.1) is 0 Å². The second kappa shape index (κ2) is 5.95. The van der Waals surface area contributed by atoms with Gasteiger partial charge in [-0.3, -0.25) is 14.2 Å². The van der Waals surface area contributed by atoms with Crippen LogP contribution in [-0.2, 0) is 0 Å². The number of hydrogen-bond acceptors (Lipinski definition) is 4. The van der Waals surface area contributed by atoms with Gasteiger partial charge in [0.2, 0.25) is 5.78 Å². The van der Waals surface area contributed by atoms with Crippen molar-refractivity contribution in [2.24, 2.45) is 0 Å². The van der Waals surface area contributed by atoms with E-state index in [1.807, 2.05) is 50.2 Å². The van der Waals surface area contributed by atoms with Gasteiger partial charge in [0.05, 0.1) is 7.11 Å². The maximum atomic E-state index is 12.9. The summed E-state index contributed by atoms with van der Waals surface area (Å²) in [5, 5.41) is 0. The summed E-state index contributed by atoms with van der Waals surface area (Å²) in [6.45, 7) is 4.04. The zero-order valence-electron chi connectivity index (χ0n) is 14.8. The third-order valence-electron chi connectivity index (χ3n) is 4.60. The number of hydrogen-bond donors (Lipinski definition) is 0. The van der Waals surface area contributed by atoms with Gasteiger partial charge in [-0.15, -0.1) is 0 Å². The average molecular weight is 346 g/mol. The molecule has 3 aromatic rings. The van der Waals surface area contributed by atoms with Crippen LogP contribution in [0.5, 0.6) is 5.75 Å². The normalized spacial score (nSPS) is 12.9. The Labute approximate surface area is 151 Å². The van der Waals surface area contributed by atoms with Gasteiger partial charge in [-0.25, -0.2) is 4.98 Å². The molecular weight excluding hydrogens is 328 g/mol. The highest BCUT2D eigenvalue weighted by Gasteiger charge is 2.36. The van der Waals surface area contributed by atoms with Gasteiger partial charge in [0.25, 0.3) is 5.78 Å². The molecule has 0 fully saturated rings. The van der Waals surface area contributed by atoms with Crippen LogP contribution in [-0.4, -0.2) is 28.2 Å². The molecule has 0 saturated carbocycles. The fourth-order valence-corrected chi connectivity index (χ4v) is 3.33. The number of aromatic nitrogens is 2. The topological polar surface area (TPSA) is 61.2 Å². The molecule has 1 aliphatic rings. The minimum absolute atomic E-state index is 0.0813. The monoisotopic (exact) mass is 346 g/mol. The van der Waals surface area contributed by atoms with E-state index in [2.05, 4.69) is 0 Å². The Morgan fingerprint density at radius 1 is 0.923 bits per heavy atom. The number of carbonyl (C=O) groups is 2. The maximum absolute atomic E-state index is 12.9. The van der Waals surface area contributed by atoms with Crippen molar-refractivity contribution in [2.75, 3.05) is 7.11 Å². The van der Waals surface area contributed by atoms with E-state index in [-0.39, 0.29) is 5.92 Å². The van der Waals surface area contributed by atoms with Crippen molar-refractivity contribution in [2.45, 2.75) is 19.8 Å². The summed E-state index contributed by atoms with van der Waals surface area (Å²) in [5.41, 5.74) is 2.82. The van der Waals surface area contributed by atoms with Crippen LogP contribution in [0.25, 0.3) is 16.9 Å². The average Bonchev–Trinajstić information content (AvgIpc) is 3.07. The van der Waals surface area contributed by atoms with E-state index >= 15 is 0 Å². The maximum Gasteiger partial charge on any atom is 0.252 e. The number of ketones is 2. The van der Waals surface area contributed by atoms with Crippen molar-refractivity contribution in [3.05, 3.63) is 65.6 Å². The molecule has 1 heterocycles. The Kier molecular flexibility index (Phi) is 3.72. The highest BCUT2D eigenvalue weighted by atomic mass is 16.5. The highest BCUT2D eigenvalue weighted by molar-refractivity contribution is 6.52. The molecule has 0 unspecified atom stereocenters. The SMILES string of the molecule is COc1ccc(-n2c(C(C)C)nc3c2C(=O)C(=O)c2ccccc2-3)cc1. The third kappa shape index (κ3) is 2.28. The number of ether oxygens (including phenoxy) is 1. The van der Waals surface area contributed by atoms with Gasteiger partial charge >= 0.3 is 0 Å². The standard InChI is InChI=1S/C21H18N2O3/c1-12(2)21-22-17-15-6-4-5-7-16(15)19(24)20(25)18(17)23(21)13-8-10-14(26-3)11-9-13/h4-12H,1-3H3. The van der Waals surface area contributed by atoms with Crippen LogP contribution in [0.15, 0.2) is 48.5 Å². The second-order valence-corrected chi connectivity index (χ2v) is 6.56. The summed E-state index contributed by atoms with van der Waals surface area (Å²) < 4.78 is 7.02. The summed E-state index contributed by atoms with van der Waals surface area (Å²) in [6.07, 6.45) is 0. The Hall–Kier alpha value is -3.21. The zero-order chi connectivity index (χ0) is 18.4. The Bertz CT molecular complexity index is 1030. The van der Waals surface area contributed by atoms with E-state index < -0.39 is 11.6 Å². The smallest absolute Gasteiger partial charge is 0.252 e. The zero-order valence-corrected chi connectivity index (χ0v) is 14.8. The molecule has 0 spiro atoms. The first-order chi connectivity index (χ1) is 12.5. The Morgan fingerprint density at radius 2 is 1.58 bits per heavy atom. The van der Waals surface area contributed by atoms with E-state index in [0.717, 1.165) is 17.3 Å². The molecule has 1 aliphatic carbocycles. The van der Waals surface area contributed by atoms with E-state index in [1.165, 1.54) is 0 Å². The van der Waals surface area contributed by atoms with Gasteiger partial charge in [0.15, 0.2) is 0 Å². The van der Waals surface area contributed by atoms with Gasteiger partial charge in [-0.1, -0.05) is 38.1 Å². The number of benzene rings is 2. The fraction of sp³-hybridized carbons (Fsp3) is 0.190. The molecule has 0 amide bonds. The van der Waals surface area contributed by atoms with Gasteiger partial charge in [-0.2, -0.15) is 0 Å². The molecule has 5 heteroatoms. The Morgan fingerprint density at radius 3 is 2.19 bits per heavy atom. The molecule has 26 heavy (non-hydrogen) atoms.